The van der Waals surface area contributed by atoms with Crippen molar-refractivity contribution in [2.45, 2.75) is 39.2 Å². The van der Waals surface area contributed by atoms with Crippen LogP contribution in [0.15, 0.2) is 18.3 Å². The lowest BCUT2D eigenvalue weighted by Gasteiger charge is -2.33. The van der Waals surface area contributed by atoms with Gasteiger partial charge in [0.05, 0.1) is 0 Å². The number of hydrogen-bond acceptors (Lipinski definition) is 3. The average molecular weight is 293 g/mol. The Labute approximate surface area is 126 Å². The van der Waals surface area contributed by atoms with E-state index in [2.05, 4.69) is 4.98 Å². The van der Waals surface area contributed by atoms with Gasteiger partial charge in [-0.15, -0.1) is 0 Å². The van der Waals surface area contributed by atoms with Crippen molar-refractivity contribution in [1.82, 2.24) is 9.88 Å². The van der Waals surface area contributed by atoms with Gasteiger partial charge < -0.3 is 9.80 Å². The summed E-state index contributed by atoms with van der Waals surface area (Å²) in [6, 6.07) is 3.28. The molecule has 1 amide bonds. The molecule has 116 valence electrons. The van der Waals surface area contributed by atoms with Gasteiger partial charge in [0, 0.05) is 38.8 Å². The van der Waals surface area contributed by atoms with Gasteiger partial charge in [0.25, 0.3) is 0 Å². The van der Waals surface area contributed by atoms with Crippen LogP contribution in [0, 0.1) is 11.7 Å². The molecule has 0 saturated carbocycles. The molecule has 0 atom stereocenters. The zero-order chi connectivity index (χ0) is 15.4. The third-order valence-corrected chi connectivity index (χ3v) is 4.28. The first-order valence-corrected chi connectivity index (χ1v) is 7.60. The van der Waals surface area contributed by atoms with E-state index in [0.717, 1.165) is 25.9 Å². The maximum atomic E-state index is 13.7. The Balaban J connectivity index is 1.86. The third-order valence-electron chi connectivity index (χ3n) is 4.28. The van der Waals surface area contributed by atoms with Crippen molar-refractivity contribution >= 4 is 11.7 Å². The number of hydrogen-bond donors (Lipinski definition) is 0. The molecule has 1 aliphatic heterocycles. The molecule has 21 heavy (non-hydrogen) atoms. The number of pyridine rings is 1. The molecular weight excluding hydrogens is 269 g/mol. The summed E-state index contributed by atoms with van der Waals surface area (Å²) in [4.78, 5) is 20.0. The molecule has 0 unspecified atom stereocenters. The molecule has 0 aromatic carbocycles. The van der Waals surface area contributed by atoms with Crippen molar-refractivity contribution in [3.8, 4) is 0 Å². The van der Waals surface area contributed by atoms with E-state index in [1.54, 1.807) is 17.2 Å². The second-order valence-corrected chi connectivity index (χ2v) is 6.04. The molecule has 0 spiro atoms. The van der Waals surface area contributed by atoms with Crippen LogP contribution in [0.3, 0.4) is 0 Å². The molecule has 1 aliphatic rings. The molecule has 0 N–H and O–H groups in total. The fraction of sp³-hybridized carbons (Fsp3) is 0.625. The Kier molecular flexibility index (Phi) is 5.15. The van der Waals surface area contributed by atoms with Crippen LogP contribution in [0.1, 0.15) is 33.1 Å². The van der Waals surface area contributed by atoms with Crippen LogP contribution in [0.2, 0.25) is 0 Å². The highest BCUT2D eigenvalue weighted by atomic mass is 19.1. The summed E-state index contributed by atoms with van der Waals surface area (Å²) in [7, 11) is 1.85. The number of nitrogens with zero attached hydrogens (tertiary/aromatic N) is 3. The smallest absolute Gasteiger partial charge is 0.222 e. The minimum Gasteiger partial charge on any atom is -0.354 e. The summed E-state index contributed by atoms with van der Waals surface area (Å²) in [5, 5.41) is 0. The fourth-order valence-corrected chi connectivity index (χ4v) is 2.64. The Morgan fingerprint density at radius 3 is 2.71 bits per heavy atom. The molecule has 1 aromatic heterocycles. The average Bonchev–Trinajstić information content (AvgIpc) is 2.47. The Bertz CT molecular complexity index is 484. The standard InChI is InChI=1S/C16H24FN3O/c1-12(2)19(3)15(21)11-13-6-9-20(10-7-13)16-14(17)5-4-8-18-16/h4-5,8,12-13H,6-7,9-11H2,1-3H3. The zero-order valence-corrected chi connectivity index (χ0v) is 13.1. The van der Waals surface area contributed by atoms with E-state index in [0.29, 0.717) is 18.2 Å². The molecule has 1 saturated heterocycles. The van der Waals surface area contributed by atoms with Crippen LogP contribution < -0.4 is 4.90 Å². The summed E-state index contributed by atoms with van der Waals surface area (Å²) in [6.07, 6.45) is 4.03. The van der Waals surface area contributed by atoms with Crippen LogP contribution in [0.5, 0.6) is 0 Å². The molecule has 0 aliphatic carbocycles. The third kappa shape index (κ3) is 3.93. The topological polar surface area (TPSA) is 36.4 Å². The monoisotopic (exact) mass is 293 g/mol. The van der Waals surface area contributed by atoms with Crippen molar-refractivity contribution in [3.05, 3.63) is 24.1 Å². The number of carbonyl (C=O) groups excluding carboxylic acids is 1. The SMILES string of the molecule is CC(C)N(C)C(=O)CC1CCN(c2ncccc2F)CC1. The van der Waals surface area contributed by atoms with Gasteiger partial charge in [0.1, 0.15) is 0 Å². The van der Waals surface area contributed by atoms with Crippen molar-refractivity contribution in [1.29, 1.82) is 0 Å². The minimum atomic E-state index is -0.272. The van der Waals surface area contributed by atoms with Gasteiger partial charge >= 0.3 is 0 Å². The zero-order valence-electron chi connectivity index (χ0n) is 13.1. The van der Waals surface area contributed by atoms with Crippen LogP contribution >= 0.6 is 0 Å². The molecule has 0 bridgehead atoms. The number of carbonyl (C=O) groups is 1. The second kappa shape index (κ2) is 6.87. The maximum Gasteiger partial charge on any atom is 0.222 e. The van der Waals surface area contributed by atoms with Crippen LogP contribution in [0.4, 0.5) is 10.2 Å². The van der Waals surface area contributed by atoms with E-state index >= 15 is 0 Å². The Hall–Kier alpha value is -1.65. The summed E-state index contributed by atoms with van der Waals surface area (Å²) in [5.74, 6) is 0.752. The summed E-state index contributed by atoms with van der Waals surface area (Å²) < 4.78 is 13.7. The normalized spacial score (nSPS) is 16.3. The summed E-state index contributed by atoms with van der Waals surface area (Å²) >= 11 is 0. The largest absolute Gasteiger partial charge is 0.354 e. The van der Waals surface area contributed by atoms with E-state index in [9.17, 15) is 9.18 Å². The number of aromatic nitrogens is 1. The molecule has 5 heteroatoms. The number of amides is 1. The molecule has 0 radical (unpaired) electrons. The van der Waals surface area contributed by atoms with Crippen LogP contribution in [-0.2, 0) is 4.79 Å². The van der Waals surface area contributed by atoms with Gasteiger partial charge in [-0.05, 0) is 44.7 Å². The first-order chi connectivity index (χ1) is 9.99. The van der Waals surface area contributed by atoms with Crippen molar-refractivity contribution in [2.24, 2.45) is 5.92 Å². The highest BCUT2D eigenvalue weighted by Crippen LogP contribution is 2.26. The minimum absolute atomic E-state index is 0.201. The van der Waals surface area contributed by atoms with E-state index < -0.39 is 0 Å². The van der Waals surface area contributed by atoms with Gasteiger partial charge in [-0.2, -0.15) is 0 Å². The molecule has 2 rings (SSSR count). The molecule has 1 fully saturated rings. The van der Waals surface area contributed by atoms with Gasteiger partial charge in [-0.1, -0.05) is 0 Å². The first kappa shape index (κ1) is 15.7. The molecule has 2 heterocycles. The highest BCUT2D eigenvalue weighted by molar-refractivity contribution is 5.76. The molecule has 1 aromatic rings. The lowest BCUT2D eigenvalue weighted by molar-refractivity contribution is -0.132. The van der Waals surface area contributed by atoms with Gasteiger partial charge in [0.2, 0.25) is 5.91 Å². The van der Waals surface area contributed by atoms with Crippen LogP contribution in [0.25, 0.3) is 0 Å². The second-order valence-electron chi connectivity index (χ2n) is 6.04. The van der Waals surface area contributed by atoms with E-state index in [-0.39, 0.29) is 17.8 Å². The number of rotatable bonds is 4. The first-order valence-electron chi connectivity index (χ1n) is 7.60. The van der Waals surface area contributed by atoms with E-state index in [1.807, 2.05) is 25.8 Å². The Morgan fingerprint density at radius 2 is 2.14 bits per heavy atom. The lowest BCUT2D eigenvalue weighted by atomic mass is 9.93. The Morgan fingerprint density at radius 1 is 1.48 bits per heavy atom. The van der Waals surface area contributed by atoms with Crippen molar-refractivity contribution < 1.29 is 9.18 Å². The van der Waals surface area contributed by atoms with Crippen molar-refractivity contribution in [3.63, 3.8) is 0 Å². The van der Waals surface area contributed by atoms with E-state index in [4.69, 9.17) is 0 Å². The fourth-order valence-electron chi connectivity index (χ4n) is 2.64. The highest BCUT2D eigenvalue weighted by Gasteiger charge is 2.25. The molecule has 4 nitrogen and oxygen atoms in total. The number of anilines is 1. The number of halogens is 1. The predicted molar refractivity (Wildman–Crippen MR) is 81.7 cm³/mol. The van der Waals surface area contributed by atoms with Crippen molar-refractivity contribution in [2.75, 3.05) is 25.0 Å². The maximum absolute atomic E-state index is 13.7. The summed E-state index contributed by atoms with van der Waals surface area (Å²) in [5.41, 5.74) is 0. The van der Waals surface area contributed by atoms with Gasteiger partial charge in [-0.3, -0.25) is 4.79 Å². The van der Waals surface area contributed by atoms with Crippen LogP contribution in [-0.4, -0.2) is 42.0 Å². The lowest BCUT2D eigenvalue weighted by Crippen LogP contribution is -2.38. The van der Waals surface area contributed by atoms with Gasteiger partial charge in [0.15, 0.2) is 11.6 Å². The number of piperidine rings is 1. The van der Waals surface area contributed by atoms with E-state index in [1.165, 1.54) is 6.07 Å². The predicted octanol–water partition coefficient (Wildman–Crippen LogP) is 2.69. The molecular formula is C16H24FN3O. The quantitative estimate of drug-likeness (QED) is 0.856. The van der Waals surface area contributed by atoms with Gasteiger partial charge in [-0.25, -0.2) is 9.37 Å². The summed E-state index contributed by atoms with van der Waals surface area (Å²) in [6.45, 7) is 5.56.